The first-order valence-corrected chi connectivity index (χ1v) is 6.97. The summed E-state index contributed by atoms with van der Waals surface area (Å²) in [7, 11) is 0. The second-order valence-electron chi connectivity index (χ2n) is 5.82. The van der Waals surface area contributed by atoms with Crippen LogP contribution in [0.5, 0.6) is 0 Å². The lowest BCUT2D eigenvalue weighted by Crippen LogP contribution is -2.48. The van der Waals surface area contributed by atoms with Crippen LogP contribution >= 0.6 is 0 Å². The monoisotopic (exact) mass is 237 g/mol. The molecular formula is C14H23NO2. The number of hydrogen-bond acceptors (Lipinski definition) is 3. The molecule has 0 bridgehead atoms. The molecule has 17 heavy (non-hydrogen) atoms. The van der Waals surface area contributed by atoms with E-state index in [1.54, 1.807) is 11.1 Å². The fraction of sp³-hybridized carbons (Fsp3) is 0.857. The molecule has 0 radical (unpaired) electrons. The molecule has 2 aliphatic heterocycles. The van der Waals surface area contributed by atoms with Crippen LogP contribution in [0.2, 0.25) is 0 Å². The van der Waals surface area contributed by atoms with E-state index in [0.29, 0.717) is 0 Å². The van der Waals surface area contributed by atoms with Crippen LogP contribution in [-0.2, 0) is 4.74 Å². The molecule has 0 unspecified atom stereocenters. The minimum atomic E-state index is -0.484. The van der Waals surface area contributed by atoms with E-state index in [9.17, 15) is 5.11 Å². The second-order valence-corrected chi connectivity index (χ2v) is 5.82. The molecule has 3 aliphatic rings. The molecule has 2 heterocycles. The van der Waals surface area contributed by atoms with Gasteiger partial charge in [0.25, 0.3) is 0 Å². The Balaban J connectivity index is 1.51. The van der Waals surface area contributed by atoms with Crippen molar-refractivity contribution < 1.29 is 9.84 Å². The van der Waals surface area contributed by atoms with E-state index in [1.807, 2.05) is 0 Å². The fourth-order valence-corrected chi connectivity index (χ4v) is 3.08. The van der Waals surface area contributed by atoms with Crippen molar-refractivity contribution in [2.24, 2.45) is 0 Å². The lowest BCUT2D eigenvalue weighted by atomic mass is 9.92. The maximum absolute atomic E-state index is 10.5. The lowest BCUT2D eigenvalue weighted by molar-refractivity contribution is -0.0805. The van der Waals surface area contributed by atoms with Gasteiger partial charge in [0.1, 0.15) is 0 Å². The normalized spacial score (nSPS) is 29.5. The van der Waals surface area contributed by atoms with E-state index in [4.69, 9.17) is 4.74 Å². The number of ether oxygens (including phenoxy) is 1. The molecule has 0 aromatic heterocycles. The topological polar surface area (TPSA) is 32.7 Å². The van der Waals surface area contributed by atoms with Crippen LogP contribution in [0.4, 0.5) is 0 Å². The molecule has 0 spiro atoms. The summed E-state index contributed by atoms with van der Waals surface area (Å²) < 4.78 is 5.32. The summed E-state index contributed by atoms with van der Waals surface area (Å²) in [6.45, 7) is 4.57. The number of hydrogen-bond donors (Lipinski definition) is 1. The van der Waals surface area contributed by atoms with Gasteiger partial charge in [0, 0.05) is 45.7 Å². The molecule has 0 atom stereocenters. The van der Waals surface area contributed by atoms with Crippen LogP contribution in [0.1, 0.15) is 38.5 Å². The first-order chi connectivity index (χ1) is 8.25. The van der Waals surface area contributed by atoms with Crippen molar-refractivity contribution in [2.45, 2.75) is 44.1 Å². The Morgan fingerprint density at radius 1 is 1.00 bits per heavy atom. The summed E-state index contributed by atoms with van der Waals surface area (Å²) in [5.41, 5.74) is 2.97. The summed E-state index contributed by atoms with van der Waals surface area (Å²) in [6, 6.07) is 0. The van der Waals surface area contributed by atoms with Crippen LogP contribution in [0, 0.1) is 0 Å². The summed E-state index contributed by atoms with van der Waals surface area (Å²) in [5, 5.41) is 10.5. The van der Waals surface area contributed by atoms with Crippen LogP contribution in [-0.4, -0.2) is 48.5 Å². The Morgan fingerprint density at radius 3 is 2.18 bits per heavy atom. The number of rotatable bonds is 2. The van der Waals surface area contributed by atoms with Crippen molar-refractivity contribution in [3.05, 3.63) is 11.1 Å². The zero-order chi connectivity index (χ0) is 11.7. The SMILES string of the molecule is OC1(CN2CCC(=C3CC3)CC2)CCOCC1. The third-order valence-corrected chi connectivity index (χ3v) is 4.40. The van der Waals surface area contributed by atoms with E-state index in [1.165, 1.54) is 25.7 Å². The van der Waals surface area contributed by atoms with Crippen LogP contribution in [0.3, 0.4) is 0 Å². The minimum Gasteiger partial charge on any atom is -0.388 e. The molecule has 0 amide bonds. The number of piperidine rings is 1. The van der Waals surface area contributed by atoms with Crippen LogP contribution < -0.4 is 0 Å². The first-order valence-electron chi connectivity index (χ1n) is 6.97. The van der Waals surface area contributed by atoms with Gasteiger partial charge in [0.2, 0.25) is 0 Å². The number of allylic oxidation sites excluding steroid dienone is 1. The highest BCUT2D eigenvalue weighted by Crippen LogP contribution is 2.36. The van der Waals surface area contributed by atoms with Crippen molar-refractivity contribution in [1.29, 1.82) is 0 Å². The van der Waals surface area contributed by atoms with Crippen molar-refractivity contribution in [3.63, 3.8) is 0 Å². The minimum absolute atomic E-state index is 0.484. The highest BCUT2D eigenvalue weighted by atomic mass is 16.5. The highest BCUT2D eigenvalue weighted by Gasteiger charge is 2.33. The van der Waals surface area contributed by atoms with Gasteiger partial charge in [-0.25, -0.2) is 0 Å². The van der Waals surface area contributed by atoms with Gasteiger partial charge < -0.3 is 9.84 Å². The second kappa shape index (κ2) is 4.71. The summed E-state index contributed by atoms with van der Waals surface area (Å²) in [4.78, 5) is 2.44. The van der Waals surface area contributed by atoms with Gasteiger partial charge in [-0.1, -0.05) is 11.1 Å². The van der Waals surface area contributed by atoms with E-state index in [2.05, 4.69) is 4.90 Å². The van der Waals surface area contributed by atoms with Crippen LogP contribution in [0.15, 0.2) is 11.1 Å². The van der Waals surface area contributed by atoms with Crippen molar-refractivity contribution in [2.75, 3.05) is 32.8 Å². The predicted molar refractivity (Wildman–Crippen MR) is 66.9 cm³/mol. The summed E-state index contributed by atoms with van der Waals surface area (Å²) in [5.74, 6) is 0. The molecule has 0 aromatic rings. The number of aliphatic hydroxyl groups is 1. The maximum atomic E-state index is 10.5. The van der Waals surface area contributed by atoms with Gasteiger partial charge >= 0.3 is 0 Å². The maximum Gasteiger partial charge on any atom is 0.0817 e. The van der Waals surface area contributed by atoms with Gasteiger partial charge in [0.05, 0.1) is 5.60 Å². The van der Waals surface area contributed by atoms with Gasteiger partial charge in [-0.2, -0.15) is 0 Å². The van der Waals surface area contributed by atoms with Crippen molar-refractivity contribution in [1.82, 2.24) is 4.90 Å². The van der Waals surface area contributed by atoms with Gasteiger partial charge in [-0.15, -0.1) is 0 Å². The molecule has 3 nitrogen and oxygen atoms in total. The summed E-state index contributed by atoms with van der Waals surface area (Å²) >= 11 is 0. The number of likely N-dealkylation sites (tertiary alicyclic amines) is 1. The molecule has 1 N–H and O–H groups in total. The smallest absolute Gasteiger partial charge is 0.0817 e. The average Bonchev–Trinajstić information content (AvgIpc) is 3.14. The highest BCUT2D eigenvalue weighted by molar-refractivity contribution is 5.26. The molecule has 2 saturated heterocycles. The first kappa shape index (κ1) is 11.7. The average molecular weight is 237 g/mol. The Bertz CT molecular complexity index is 302. The van der Waals surface area contributed by atoms with E-state index < -0.39 is 5.60 Å². The third kappa shape index (κ3) is 2.90. The zero-order valence-electron chi connectivity index (χ0n) is 10.6. The Hall–Kier alpha value is -0.380. The molecule has 3 fully saturated rings. The van der Waals surface area contributed by atoms with Gasteiger partial charge in [-0.3, -0.25) is 4.90 Å². The largest absolute Gasteiger partial charge is 0.388 e. The molecule has 1 saturated carbocycles. The third-order valence-electron chi connectivity index (χ3n) is 4.40. The number of nitrogens with zero attached hydrogens (tertiary/aromatic N) is 1. The Kier molecular flexibility index (Phi) is 3.24. The zero-order valence-corrected chi connectivity index (χ0v) is 10.6. The van der Waals surface area contributed by atoms with E-state index in [0.717, 1.165) is 45.7 Å². The molecular weight excluding hydrogens is 214 g/mol. The fourth-order valence-electron chi connectivity index (χ4n) is 3.08. The van der Waals surface area contributed by atoms with Crippen LogP contribution in [0.25, 0.3) is 0 Å². The number of β-amino-alcohol motifs (C(OH)–C–C–N with tert-alkyl or cyclic N) is 1. The van der Waals surface area contributed by atoms with Gasteiger partial charge in [-0.05, 0) is 25.7 Å². The molecule has 0 aromatic carbocycles. The van der Waals surface area contributed by atoms with Crippen molar-refractivity contribution >= 4 is 0 Å². The van der Waals surface area contributed by atoms with E-state index >= 15 is 0 Å². The molecule has 3 rings (SSSR count). The Labute approximate surface area is 103 Å². The molecule has 96 valence electrons. The van der Waals surface area contributed by atoms with E-state index in [-0.39, 0.29) is 0 Å². The quantitative estimate of drug-likeness (QED) is 0.742. The Morgan fingerprint density at radius 2 is 1.59 bits per heavy atom. The molecule has 1 aliphatic carbocycles. The van der Waals surface area contributed by atoms with Crippen molar-refractivity contribution in [3.8, 4) is 0 Å². The lowest BCUT2D eigenvalue weighted by Gasteiger charge is -2.38. The molecule has 3 heteroatoms. The van der Waals surface area contributed by atoms with Gasteiger partial charge in [0.15, 0.2) is 0 Å². The predicted octanol–water partition coefficient (Wildman–Crippen LogP) is 1.71. The summed E-state index contributed by atoms with van der Waals surface area (Å²) in [6.07, 6.45) is 6.80. The standard InChI is InChI=1S/C14H23NO2/c16-14(5-9-17-10-6-14)11-15-7-3-13(4-8-15)12-1-2-12/h16H,1-11H2.